The molecule has 0 aliphatic carbocycles. The van der Waals surface area contributed by atoms with Gasteiger partial charge in [0.1, 0.15) is 10.8 Å². The maximum Gasteiger partial charge on any atom is 0.419 e. The van der Waals surface area contributed by atoms with Crippen LogP contribution in [0.25, 0.3) is 11.4 Å². The molecule has 1 aromatic heterocycles. The van der Waals surface area contributed by atoms with Gasteiger partial charge in [0.25, 0.3) is 0 Å². The summed E-state index contributed by atoms with van der Waals surface area (Å²) >= 11 is 3.29. The third kappa shape index (κ3) is 3.12. The number of alkyl halides is 3. The van der Waals surface area contributed by atoms with E-state index in [1.54, 1.807) is 0 Å². The molecule has 0 bridgehead atoms. The van der Waals surface area contributed by atoms with Crippen molar-refractivity contribution in [3.8, 4) is 11.4 Å². The molecule has 3 nitrogen and oxygen atoms in total. The van der Waals surface area contributed by atoms with Crippen LogP contribution in [0.5, 0.6) is 0 Å². The summed E-state index contributed by atoms with van der Waals surface area (Å²) in [7, 11) is 0. The summed E-state index contributed by atoms with van der Waals surface area (Å²) in [4.78, 5) is 3.57. The monoisotopic (exact) mass is 303 g/mol. The first-order valence-corrected chi connectivity index (χ1v) is 6.45. The number of rotatable bonds is 2. The lowest BCUT2D eigenvalue weighted by Gasteiger charge is -2.08. The molecule has 2 rings (SSSR count). The van der Waals surface area contributed by atoms with Crippen LogP contribution < -0.4 is 5.73 Å². The molecule has 0 amide bonds. The van der Waals surface area contributed by atoms with Crippen molar-refractivity contribution >= 4 is 27.8 Å². The van der Waals surface area contributed by atoms with E-state index in [1.165, 1.54) is 6.07 Å². The summed E-state index contributed by atoms with van der Waals surface area (Å²) in [5.74, 6) is -1.22. The van der Waals surface area contributed by atoms with Gasteiger partial charge in [-0.25, -0.2) is 9.37 Å². The Bertz CT molecular complexity index is 597. The fourth-order valence-electron chi connectivity index (χ4n) is 1.37. The van der Waals surface area contributed by atoms with Crippen molar-refractivity contribution in [3.05, 3.63) is 34.6 Å². The number of benzene rings is 1. The van der Waals surface area contributed by atoms with Crippen LogP contribution >= 0.6 is 11.5 Å². The number of nitrogens with two attached hydrogens (primary N) is 1. The average Bonchev–Trinajstić information content (AvgIpc) is 2.77. The van der Waals surface area contributed by atoms with E-state index in [2.05, 4.69) is 25.6 Å². The largest absolute Gasteiger partial charge is 0.419 e. The minimum absolute atomic E-state index is 0.0990. The van der Waals surface area contributed by atoms with E-state index in [1.807, 2.05) is 0 Å². The highest BCUT2D eigenvalue weighted by Gasteiger charge is 2.34. The minimum Gasteiger partial charge on any atom is -0.337 e. The third-order valence-electron chi connectivity index (χ3n) is 2.26. The summed E-state index contributed by atoms with van der Waals surface area (Å²) < 4.78 is 54.8. The molecule has 0 fully saturated rings. The minimum atomic E-state index is -4.75. The van der Waals surface area contributed by atoms with Crippen LogP contribution in [-0.4, -0.2) is 25.6 Å². The molecule has 0 aliphatic rings. The van der Waals surface area contributed by atoms with Gasteiger partial charge in [-0.2, -0.15) is 17.5 Å². The molecule has 98 valence electrons. The molecule has 2 aromatic rings. The van der Waals surface area contributed by atoms with Crippen LogP contribution in [0.15, 0.2) is 18.2 Å². The maximum atomic E-state index is 13.1. The lowest BCUT2D eigenvalue weighted by atomic mass is 10.1. The fraction of sp³-hybridized carbons (Fsp3) is 0.200. The molecule has 9 heteroatoms. The van der Waals surface area contributed by atoms with Gasteiger partial charge in [0, 0.05) is 5.56 Å². The Kier molecular flexibility index (Phi) is 3.92. The second kappa shape index (κ2) is 5.17. The molecule has 0 saturated carbocycles. The van der Waals surface area contributed by atoms with Crippen molar-refractivity contribution in [2.24, 2.45) is 5.73 Å². The highest BCUT2D eigenvalue weighted by atomic mass is 32.1. The Labute approximate surface area is 118 Å². The van der Waals surface area contributed by atoms with Crippen molar-refractivity contribution in [1.82, 2.24) is 9.36 Å². The first kappa shape index (κ1) is 14.4. The molecule has 0 saturated heterocycles. The van der Waals surface area contributed by atoms with Gasteiger partial charge in [-0.3, -0.25) is 0 Å². The van der Waals surface area contributed by atoms with Crippen LogP contribution in [0.2, 0.25) is 0 Å². The summed E-state index contributed by atoms with van der Waals surface area (Å²) in [6.07, 6.45) is -4.75. The van der Waals surface area contributed by atoms with Crippen molar-refractivity contribution in [2.75, 3.05) is 0 Å². The van der Waals surface area contributed by atoms with Crippen LogP contribution in [0, 0.1) is 5.82 Å². The molecule has 2 radical (unpaired) electrons. The van der Waals surface area contributed by atoms with Crippen LogP contribution in [0.1, 0.15) is 15.5 Å². The van der Waals surface area contributed by atoms with Gasteiger partial charge >= 0.3 is 6.18 Å². The Balaban J connectivity index is 2.45. The summed E-state index contributed by atoms with van der Waals surface area (Å²) in [5.41, 5.74) is 4.32. The van der Waals surface area contributed by atoms with E-state index >= 15 is 0 Å². The lowest BCUT2D eigenvalue weighted by molar-refractivity contribution is -0.139. The zero-order chi connectivity index (χ0) is 14.2. The number of hydrogen-bond acceptors (Lipinski definition) is 4. The number of nitrogens with zero attached hydrogens (tertiary/aromatic N) is 2. The van der Waals surface area contributed by atoms with Crippen LogP contribution in [0.4, 0.5) is 17.6 Å². The summed E-state index contributed by atoms with van der Waals surface area (Å²) in [5, 5.41) is 0.470. The third-order valence-corrected chi connectivity index (χ3v) is 3.63. The zero-order valence-corrected chi connectivity index (χ0v) is 11.2. The molecule has 1 atom stereocenters. The number of halogens is 4. The number of aromatic nitrogens is 2. The van der Waals surface area contributed by atoms with Crippen molar-refractivity contribution in [1.29, 1.82) is 0 Å². The van der Waals surface area contributed by atoms with Gasteiger partial charge in [-0.15, -0.1) is 0 Å². The molecule has 1 unspecified atom stereocenters. The normalized spacial score (nSPS) is 13.5. The van der Waals surface area contributed by atoms with Crippen LogP contribution in [0.3, 0.4) is 0 Å². The van der Waals surface area contributed by atoms with Gasteiger partial charge < -0.3 is 5.73 Å². The predicted octanol–water partition coefficient (Wildman–Crippen LogP) is 2.49. The Morgan fingerprint density at radius 2 is 2.00 bits per heavy atom. The highest BCUT2D eigenvalue weighted by molar-refractivity contribution is 7.05. The highest BCUT2D eigenvalue weighted by Crippen LogP contribution is 2.34. The second-order valence-corrected chi connectivity index (χ2v) is 5.18. The molecular formula is C10H6AlF4N3S. The van der Waals surface area contributed by atoms with E-state index in [-0.39, 0.29) is 11.4 Å². The standard InChI is InChI=1S/C10H6F4N3S.Al/c11-7-2-1-5(3-6(7)10(12,13)14)9-16-8(4-15)18-17-9;/h1-4H,15H2;. The van der Waals surface area contributed by atoms with E-state index in [0.29, 0.717) is 11.1 Å². The topological polar surface area (TPSA) is 51.8 Å². The SMILES string of the molecule is N[CH]([Al])c1nc(-c2ccc(F)c(C(F)(F)F)c2)ns1. The molecule has 2 N–H and O–H groups in total. The fourth-order valence-corrected chi connectivity index (χ4v) is 2.20. The molecule has 0 spiro atoms. The van der Waals surface area contributed by atoms with Crippen molar-refractivity contribution in [3.63, 3.8) is 0 Å². The molecule has 0 aliphatic heterocycles. The second-order valence-electron chi connectivity index (χ2n) is 3.67. The first-order valence-electron chi connectivity index (χ1n) is 5.01. The van der Waals surface area contributed by atoms with E-state index < -0.39 is 22.5 Å². The Morgan fingerprint density at radius 1 is 1.32 bits per heavy atom. The van der Waals surface area contributed by atoms with Gasteiger partial charge in [-0.1, -0.05) is 0 Å². The van der Waals surface area contributed by atoms with Gasteiger partial charge in [-0.05, 0) is 34.6 Å². The van der Waals surface area contributed by atoms with Gasteiger partial charge in [0.05, 0.1) is 5.56 Å². The Hall–Kier alpha value is -1.01. The molecule has 1 heterocycles. The van der Waals surface area contributed by atoms with E-state index in [4.69, 9.17) is 5.73 Å². The lowest BCUT2D eigenvalue weighted by Crippen LogP contribution is -2.09. The molecular weight excluding hydrogens is 297 g/mol. The zero-order valence-electron chi connectivity index (χ0n) is 9.28. The summed E-state index contributed by atoms with van der Waals surface area (Å²) in [6.45, 7) is 0. The van der Waals surface area contributed by atoms with Crippen molar-refractivity contribution < 1.29 is 17.6 Å². The van der Waals surface area contributed by atoms with Crippen LogP contribution in [-0.2, 0) is 6.18 Å². The average molecular weight is 303 g/mol. The smallest absolute Gasteiger partial charge is 0.337 e. The van der Waals surface area contributed by atoms with E-state index in [0.717, 1.165) is 17.6 Å². The quantitative estimate of drug-likeness (QED) is 0.685. The van der Waals surface area contributed by atoms with Crippen molar-refractivity contribution in [2.45, 2.75) is 11.1 Å². The van der Waals surface area contributed by atoms with Gasteiger partial charge in [0.2, 0.25) is 0 Å². The molecule has 19 heavy (non-hydrogen) atoms. The number of hydrogen-bond donors (Lipinski definition) is 1. The maximum absolute atomic E-state index is 13.1. The Morgan fingerprint density at radius 3 is 2.53 bits per heavy atom. The summed E-state index contributed by atoms with van der Waals surface area (Å²) in [6, 6.07) is 2.64. The first-order chi connectivity index (χ1) is 8.79. The predicted molar refractivity (Wildman–Crippen MR) is 63.0 cm³/mol. The van der Waals surface area contributed by atoms with E-state index in [9.17, 15) is 17.6 Å². The molecule has 1 aromatic carbocycles. The van der Waals surface area contributed by atoms with Gasteiger partial charge in [0.15, 0.2) is 22.1 Å².